The lowest BCUT2D eigenvalue weighted by atomic mass is 9.83. The Morgan fingerprint density at radius 3 is 2.36 bits per heavy atom. The van der Waals surface area contributed by atoms with Gasteiger partial charge in [-0.3, -0.25) is 0 Å². The number of halogens is 1. The number of aromatic nitrogens is 2. The summed E-state index contributed by atoms with van der Waals surface area (Å²) in [6.07, 6.45) is 11.0. The Hall–Kier alpha value is -3.49. The lowest BCUT2D eigenvalue weighted by Crippen LogP contribution is -2.51. The number of ether oxygens (including phenoxy) is 1. The van der Waals surface area contributed by atoms with Crippen LogP contribution in [0.5, 0.6) is 11.8 Å². The second-order valence-electron chi connectivity index (χ2n) is 14.4. The smallest absolute Gasteiger partial charge is 0.319 e. The molecule has 1 aromatic heterocycles. The van der Waals surface area contributed by atoms with Crippen LogP contribution < -0.4 is 20.3 Å². The van der Waals surface area contributed by atoms with Crippen LogP contribution in [0.4, 0.5) is 10.2 Å². The van der Waals surface area contributed by atoms with Crippen molar-refractivity contribution < 1.29 is 14.2 Å². The van der Waals surface area contributed by atoms with Gasteiger partial charge in [-0.05, 0) is 98.2 Å². The highest BCUT2D eigenvalue weighted by Crippen LogP contribution is 2.53. The molecule has 4 unspecified atom stereocenters. The number of fused-ring (bicyclic) bond motifs is 6. The molecule has 4 bridgehead atoms. The summed E-state index contributed by atoms with van der Waals surface area (Å²) in [4.78, 5) is 12.1. The van der Waals surface area contributed by atoms with Crippen molar-refractivity contribution in [3.63, 3.8) is 0 Å². The van der Waals surface area contributed by atoms with E-state index in [2.05, 4.69) is 15.5 Å². The molecule has 0 radical (unpaired) electrons. The van der Waals surface area contributed by atoms with E-state index in [0.29, 0.717) is 47.3 Å². The SMILES string of the molecule is Oc1cc(-c2ccc3c(N4CC5CCC(C4)N5)nc(OCC4(CC5CC6CCC(C5)N6)CC4)nc3c2F)c2ccccc2c1. The highest BCUT2D eigenvalue weighted by atomic mass is 19.1. The number of phenols is 1. The molecule has 7 nitrogen and oxygen atoms in total. The predicted molar refractivity (Wildman–Crippen MR) is 171 cm³/mol. The van der Waals surface area contributed by atoms with E-state index < -0.39 is 5.82 Å². The Kier molecular flexibility index (Phi) is 6.28. The number of hydrogen-bond acceptors (Lipinski definition) is 7. The largest absolute Gasteiger partial charge is 0.508 e. The van der Waals surface area contributed by atoms with Crippen LogP contribution in [0.15, 0.2) is 48.5 Å². The van der Waals surface area contributed by atoms with Gasteiger partial charge in [0.2, 0.25) is 0 Å². The molecule has 4 saturated heterocycles. The van der Waals surface area contributed by atoms with Gasteiger partial charge in [-0.25, -0.2) is 4.39 Å². The molecule has 1 saturated carbocycles. The van der Waals surface area contributed by atoms with E-state index >= 15 is 4.39 Å². The first-order valence-electron chi connectivity index (χ1n) is 16.6. The number of aromatic hydroxyl groups is 1. The van der Waals surface area contributed by atoms with Crippen molar-refractivity contribution in [3.8, 4) is 22.9 Å². The van der Waals surface area contributed by atoms with Gasteiger partial charge in [0.05, 0.1) is 6.61 Å². The van der Waals surface area contributed by atoms with E-state index in [-0.39, 0.29) is 22.7 Å². The fraction of sp³-hybridized carbons (Fsp3) is 0.500. The molecular formula is C36H40FN5O2. The lowest BCUT2D eigenvalue weighted by Gasteiger charge is -2.34. The minimum atomic E-state index is -0.406. The van der Waals surface area contributed by atoms with Crippen molar-refractivity contribution >= 4 is 27.5 Å². The van der Waals surface area contributed by atoms with Gasteiger partial charge in [0, 0.05) is 53.6 Å². The zero-order valence-corrected chi connectivity index (χ0v) is 25.1. The van der Waals surface area contributed by atoms with Gasteiger partial charge in [-0.1, -0.05) is 30.3 Å². The summed E-state index contributed by atoms with van der Waals surface area (Å²) in [5, 5.41) is 20.4. The first kappa shape index (κ1) is 26.9. The van der Waals surface area contributed by atoms with Crippen LogP contribution in [0.2, 0.25) is 0 Å². The average Bonchev–Trinajstić information content (AvgIpc) is 3.59. The van der Waals surface area contributed by atoms with Crippen LogP contribution in [0, 0.1) is 17.2 Å². The Labute approximate surface area is 257 Å². The lowest BCUT2D eigenvalue weighted by molar-refractivity contribution is 0.168. The topological polar surface area (TPSA) is 82.5 Å². The molecule has 1 aliphatic carbocycles. The van der Waals surface area contributed by atoms with Crippen LogP contribution in [-0.2, 0) is 0 Å². The number of phenolic OH excluding ortho intramolecular Hbond substituents is 1. The summed E-state index contributed by atoms with van der Waals surface area (Å²) in [6.45, 7) is 2.26. The highest BCUT2D eigenvalue weighted by Gasteiger charge is 2.47. The van der Waals surface area contributed by atoms with Gasteiger partial charge in [-0.2, -0.15) is 9.97 Å². The standard InChI is InChI=1S/C36H40FN5O2/c37-32-29(31-16-27(43)15-22-3-1-2-4-28(22)31)9-10-30-33(32)40-35(41-34(30)42-18-25-7-8-26(19-42)39-25)44-20-36(11-12-36)17-21-13-23-5-6-24(14-21)38-23/h1-4,9-10,15-16,21,23-26,38-39,43H,5-8,11-14,17-20H2. The molecule has 8 heteroatoms. The molecule has 0 amide bonds. The molecule has 0 spiro atoms. The minimum absolute atomic E-state index is 0.110. The third-order valence-corrected chi connectivity index (χ3v) is 11.2. The van der Waals surface area contributed by atoms with E-state index in [4.69, 9.17) is 14.7 Å². The van der Waals surface area contributed by atoms with Crippen molar-refractivity contribution in [2.24, 2.45) is 11.3 Å². The molecule has 3 N–H and O–H groups in total. The number of piperidine rings is 1. The number of benzene rings is 3. The molecule has 4 aromatic rings. The number of anilines is 1. The number of piperazine rings is 1. The summed E-state index contributed by atoms with van der Waals surface area (Å²) in [5.41, 5.74) is 1.53. The van der Waals surface area contributed by atoms with Crippen LogP contribution >= 0.6 is 0 Å². The number of nitrogens with zero attached hydrogens (tertiary/aromatic N) is 3. The van der Waals surface area contributed by atoms with E-state index in [1.807, 2.05) is 36.4 Å². The normalized spacial score (nSPS) is 28.6. The fourth-order valence-corrected chi connectivity index (χ4v) is 8.88. The molecule has 5 aliphatic rings. The Morgan fingerprint density at radius 1 is 0.864 bits per heavy atom. The molecule has 5 heterocycles. The van der Waals surface area contributed by atoms with Crippen molar-refractivity contribution in [2.75, 3.05) is 24.6 Å². The van der Waals surface area contributed by atoms with E-state index in [1.54, 1.807) is 12.1 Å². The predicted octanol–water partition coefficient (Wildman–Crippen LogP) is 6.32. The van der Waals surface area contributed by atoms with Crippen molar-refractivity contribution in [3.05, 3.63) is 54.3 Å². The molecule has 228 valence electrons. The van der Waals surface area contributed by atoms with Crippen LogP contribution in [-0.4, -0.2) is 58.9 Å². The van der Waals surface area contributed by atoms with E-state index in [9.17, 15) is 5.11 Å². The van der Waals surface area contributed by atoms with Crippen molar-refractivity contribution in [1.82, 2.24) is 20.6 Å². The third kappa shape index (κ3) is 4.78. The van der Waals surface area contributed by atoms with Crippen molar-refractivity contribution in [2.45, 2.75) is 82.0 Å². The summed E-state index contributed by atoms with van der Waals surface area (Å²) in [6, 6.07) is 17.4. The second-order valence-corrected chi connectivity index (χ2v) is 14.4. The Balaban J connectivity index is 1.08. The van der Waals surface area contributed by atoms with E-state index in [1.165, 1.54) is 44.9 Å². The summed E-state index contributed by atoms with van der Waals surface area (Å²) in [5.74, 6) is 1.21. The fourth-order valence-electron chi connectivity index (χ4n) is 8.88. The van der Waals surface area contributed by atoms with Gasteiger partial charge in [-0.15, -0.1) is 0 Å². The number of hydrogen-bond donors (Lipinski definition) is 3. The van der Waals surface area contributed by atoms with Gasteiger partial charge in [0.1, 0.15) is 17.1 Å². The molecule has 44 heavy (non-hydrogen) atoms. The molecule has 3 aromatic carbocycles. The first-order valence-corrected chi connectivity index (χ1v) is 16.6. The van der Waals surface area contributed by atoms with Crippen LogP contribution in [0.3, 0.4) is 0 Å². The maximum Gasteiger partial charge on any atom is 0.319 e. The third-order valence-electron chi connectivity index (χ3n) is 11.2. The molecular weight excluding hydrogens is 553 g/mol. The van der Waals surface area contributed by atoms with Gasteiger partial charge < -0.3 is 25.4 Å². The summed E-state index contributed by atoms with van der Waals surface area (Å²) >= 11 is 0. The Bertz CT molecular complexity index is 1730. The highest BCUT2D eigenvalue weighted by molar-refractivity contribution is 6.01. The zero-order valence-electron chi connectivity index (χ0n) is 25.1. The van der Waals surface area contributed by atoms with Gasteiger partial charge in [0.15, 0.2) is 5.82 Å². The second kappa shape index (κ2) is 10.3. The Morgan fingerprint density at radius 2 is 1.59 bits per heavy atom. The molecule has 9 rings (SSSR count). The zero-order chi connectivity index (χ0) is 29.4. The molecule has 4 aliphatic heterocycles. The maximum absolute atomic E-state index is 16.7. The molecule has 5 fully saturated rings. The number of nitrogens with one attached hydrogen (secondary N) is 2. The van der Waals surface area contributed by atoms with Crippen molar-refractivity contribution in [1.29, 1.82) is 0 Å². The quantitative estimate of drug-likeness (QED) is 0.232. The maximum atomic E-state index is 16.7. The number of rotatable bonds is 7. The van der Waals surface area contributed by atoms with Gasteiger partial charge >= 0.3 is 6.01 Å². The van der Waals surface area contributed by atoms with Crippen LogP contribution in [0.1, 0.15) is 57.8 Å². The van der Waals surface area contributed by atoms with Gasteiger partial charge in [0.25, 0.3) is 0 Å². The minimum Gasteiger partial charge on any atom is -0.508 e. The summed E-state index contributed by atoms with van der Waals surface area (Å²) in [7, 11) is 0. The monoisotopic (exact) mass is 593 g/mol. The van der Waals surface area contributed by atoms with E-state index in [0.717, 1.165) is 48.4 Å². The van der Waals surface area contributed by atoms with Crippen LogP contribution in [0.25, 0.3) is 32.8 Å². The summed E-state index contributed by atoms with van der Waals surface area (Å²) < 4.78 is 23.2. The first-order chi connectivity index (χ1) is 21.5. The molecule has 4 atom stereocenters. The average molecular weight is 594 g/mol.